The average Bonchev–Trinajstić information content (AvgIpc) is 1.72. The fourth-order valence-electron chi connectivity index (χ4n) is 0.997. The lowest BCUT2D eigenvalue weighted by Gasteiger charge is -2.40. The first-order chi connectivity index (χ1) is 3.97. The maximum Gasteiger partial charge on any atom is 0.136 e. The minimum absolute atomic E-state index is 0.212. The van der Waals surface area contributed by atoms with Gasteiger partial charge in [0.2, 0.25) is 0 Å². The predicted octanol–water partition coefficient (Wildman–Crippen LogP) is -0.669. The summed E-state index contributed by atoms with van der Waals surface area (Å²) in [6.07, 6.45) is 0.562. The average molecular weight is 115 g/mol. The van der Waals surface area contributed by atoms with Crippen LogP contribution in [0.3, 0.4) is 0 Å². The topological polar surface area (TPSA) is 30.5 Å². The first kappa shape index (κ1) is 4.73. The van der Waals surface area contributed by atoms with E-state index in [1.807, 2.05) is 0 Å². The summed E-state index contributed by atoms with van der Waals surface area (Å²) in [5.41, 5.74) is 0. The first-order valence-electron chi connectivity index (χ1n) is 2.93. The molecule has 2 unspecified atom stereocenters. The molecule has 0 saturated carbocycles. The third-order valence-corrected chi connectivity index (χ3v) is 1.57. The first-order valence-corrected chi connectivity index (χ1v) is 2.93. The highest BCUT2D eigenvalue weighted by Crippen LogP contribution is 2.13. The highest BCUT2D eigenvalue weighted by Gasteiger charge is 2.34. The molecule has 0 amide bonds. The van der Waals surface area contributed by atoms with E-state index in [4.69, 9.17) is 9.47 Å². The van der Waals surface area contributed by atoms with E-state index in [9.17, 15) is 0 Å². The fourth-order valence-corrected chi connectivity index (χ4v) is 0.997. The van der Waals surface area contributed by atoms with Crippen molar-refractivity contribution in [2.45, 2.75) is 12.3 Å². The fraction of sp³-hybridized carbons (Fsp3) is 1.00. The molecule has 3 heteroatoms. The molecule has 2 aliphatic rings. The Kier molecular flexibility index (Phi) is 0.997. The van der Waals surface area contributed by atoms with Crippen molar-refractivity contribution in [3.05, 3.63) is 0 Å². The molecule has 2 saturated heterocycles. The summed E-state index contributed by atoms with van der Waals surface area (Å²) in [5, 5.41) is 3.10. The smallest absolute Gasteiger partial charge is 0.136 e. The third-order valence-electron chi connectivity index (χ3n) is 1.57. The van der Waals surface area contributed by atoms with Gasteiger partial charge >= 0.3 is 0 Å². The summed E-state index contributed by atoms with van der Waals surface area (Å²) >= 11 is 0. The van der Waals surface area contributed by atoms with Crippen LogP contribution in [0.1, 0.15) is 0 Å². The zero-order chi connectivity index (χ0) is 5.40. The second-order valence-electron chi connectivity index (χ2n) is 2.11. The molecular weight excluding hydrogens is 106 g/mol. The van der Waals surface area contributed by atoms with Crippen LogP contribution in [0.15, 0.2) is 0 Å². The highest BCUT2D eigenvalue weighted by molar-refractivity contribution is 4.83. The Morgan fingerprint density at radius 3 is 2.50 bits per heavy atom. The van der Waals surface area contributed by atoms with Gasteiger partial charge in [0, 0.05) is 6.54 Å². The van der Waals surface area contributed by atoms with Crippen molar-refractivity contribution >= 4 is 0 Å². The number of hydrogen-bond donors (Lipinski definition) is 1. The van der Waals surface area contributed by atoms with E-state index in [0.29, 0.717) is 6.10 Å². The van der Waals surface area contributed by atoms with E-state index < -0.39 is 0 Å². The van der Waals surface area contributed by atoms with E-state index in [1.54, 1.807) is 0 Å². The van der Waals surface area contributed by atoms with Crippen molar-refractivity contribution in [1.29, 1.82) is 0 Å². The van der Waals surface area contributed by atoms with Gasteiger partial charge in [-0.25, -0.2) is 0 Å². The van der Waals surface area contributed by atoms with Crippen LogP contribution in [-0.2, 0) is 9.47 Å². The van der Waals surface area contributed by atoms with Crippen LogP contribution in [0, 0.1) is 0 Å². The van der Waals surface area contributed by atoms with Gasteiger partial charge in [0.25, 0.3) is 0 Å². The van der Waals surface area contributed by atoms with Gasteiger partial charge in [-0.3, -0.25) is 5.32 Å². The van der Waals surface area contributed by atoms with Crippen molar-refractivity contribution in [1.82, 2.24) is 5.32 Å². The quantitative estimate of drug-likeness (QED) is 0.454. The largest absolute Gasteiger partial charge is 0.370 e. The van der Waals surface area contributed by atoms with Crippen LogP contribution in [0.2, 0.25) is 0 Å². The Bertz CT molecular complexity index is 84.4. The molecule has 2 heterocycles. The van der Waals surface area contributed by atoms with E-state index in [1.165, 1.54) is 0 Å². The minimum atomic E-state index is 0.212. The Balaban J connectivity index is 1.92. The Labute approximate surface area is 48.0 Å². The number of ether oxygens (including phenoxy) is 2. The zero-order valence-corrected chi connectivity index (χ0v) is 4.59. The second-order valence-corrected chi connectivity index (χ2v) is 2.11. The number of hydrogen-bond acceptors (Lipinski definition) is 3. The van der Waals surface area contributed by atoms with Gasteiger partial charge < -0.3 is 9.47 Å². The van der Waals surface area contributed by atoms with Crippen molar-refractivity contribution < 1.29 is 9.47 Å². The van der Waals surface area contributed by atoms with Crippen LogP contribution >= 0.6 is 0 Å². The summed E-state index contributed by atoms with van der Waals surface area (Å²) < 4.78 is 10.5. The van der Waals surface area contributed by atoms with Crippen LogP contribution in [0.4, 0.5) is 0 Å². The molecule has 2 atom stereocenters. The zero-order valence-electron chi connectivity index (χ0n) is 4.59. The Morgan fingerprint density at radius 1 is 1.25 bits per heavy atom. The monoisotopic (exact) mass is 115 g/mol. The normalized spacial score (nSPS) is 45.0. The van der Waals surface area contributed by atoms with Crippen molar-refractivity contribution in [3.63, 3.8) is 0 Å². The van der Waals surface area contributed by atoms with Gasteiger partial charge in [-0.1, -0.05) is 0 Å². The summed E-state index contributed by atoms with van der Waals surface area (Å²) in [6, 6.07) is 0. The maximum absolute atomic E-state index is 5.29. The van der Waals surface area contributed by atoms with Crippen LogP contribution < -0.4 is 5.32 Å². The molecule has 2 rings (SSSR count). The van der Waals surface area contributed by atoms with Crippen LogP contribution in [0.25, 0.3) is 0 Å². The van der Waals surface area contributed by atoms with Gasteiger partial charge in [0.05, 0.1) is 13.2 Å². The lowest BCUT2D eigenvalue weighted by atomic mass is 10.2. The Morgan fingerprint density at radius 2 is 2.12 bits per heavy atom. The molecule has 8 heavy (non-hydrogen) atoms. The molecule has 0 aromatic carbocycles. The summed E-state index contributed by atoms with van der Waals surface area (Å²) in [6.45, 7) is 2.47. The SMILES string of the molecule is C1COC2NCC2O1. The Hall–Kier alpha value is -0.120. The number of rotatable bonds is 0. The van der Waals surface area contributed by atoms with Crippen molar-refractivity contribution in [2.75, 3.05) is 19.8 Å². The van der Waals surface area contributed by atoms with E-state index >= 15 is 0 Å². The van der Waals surface area contributed by atoms with Crippen LogP contribution in [0.5, 0.6) is 0 Å². The minimum Gasteiger partial charge on any atom is -0.370 e. The van der Waals surface area contributed by atoms with Gasteiger partial charge in [0.1, 0.15) is 12.3 Å². The number of fused-ring (bicyclic) bond motifs is 1. The lowest BCUT2D eigenvalue weighted by molar-refractivity contribution is -0.191. The molecule has 3 nitrogen and oxygen atoms in total. The molecule has 1 N–H and O–H groups in total. The van der Waals surface area contributed by atoms with Crippen molar-refractivity contribution in [3.8, 4) is 0 Å². The van der Waals surface area contributed by atoms with Crippen molar-refractivity contribution in [2.24, 2.45) is 0 Å². The molecule has 46 valence electrons. The third kappa shape index (κ3) is 0.555. The second kappa shape index (κ2) is 1.69. The van der Waals surface area contributed by atoms with Gasteiger partial charge in [-0.05, 0) is 0 Å². The maximum atomic E-state index is 5.29. The summed E-state index contributed by atoms with van der Waals surface area (Å²) in [7, 11) is 0. The summed E-state index contributed by atoms with van der Waals surface area (Å²) in [4.78, 5) is 0. The molecule has 2 aliphatic heterocycles. The van der Waals surface area contributed by atoms with Gasteiger partial charge in [-0.2, -0.15) is 0 Å². The molecule has 0 aromatic heterocycles. The van der Waals surface area contributed by atoms with E-state index in [2.05, 4.69) is 5.32 Å². The molecule has 0 spiro atoms. The molecule has 0 aromatic rings. The molecule has 2 fully saturated rings. The standard InChI is InChI=1S/C5H9NO2/c1-2-8-5-4(7-1)3-6-5/h4-6H,1-3H2. The molecular formula is C5H9NO2. The predicted molar refractivity (Wildman–Crippen MR) is 27.5 cm³/mol. The summed E-state index contributed by atoms with van der Waals surface area (Å²) in [5.74, 6) is 0. The van der Waals surface area contributed by atoms with E-state index in [0.717, 1.165) is 19.8 Å². The molecule has 0 bridgehead atoms. The lowest BCUT2D eigenvalue weighted by Crippen LogP contribution is -2.62. The van der Waals surface area contributed by atoms with E-state index in [-0.39, 0.29) is 6.23 Å². The highest BCUT2D eigenvalue weighted by atomic mass is 16.6. The van der Waals surface area contributed by atoms with Gasteiger partial charge in [-0.15, -0.1) is 0 Å². The molecule has 0 radical (unpaired) electrons. The van der Waals surface area contributed by atoms with Gasteiger partial charge in [0.15, 0.2) is 0 Å². The van der Waals surface area contributed by atoms with Crippen LogP contribution in [-0.4, -0.2) is 32.1 Å². The molecule has 0 aliphatic carbocycles. The number of nitrogens with one attached hydrogen (secondary N) is 1.